The Bertz CT molecular complexity index is 4210. The summed E-state index contributed by atoms with van der Waals surface area (Å²) in [5.74, 6) is -7.68. The predicted molar refractivity (Wildman–Crippen MR) is 504 cm³/mol. The third kappa shape index (κ3) is 32.8. The van der Waals surface area contributed by atoms with Crippen molar-refractivity contribution in [2.45, 2.75) is 398 Å². The maximum absolute atomic E-state index is 13.5. The van der Waals surface area contributed by atoms with Crippen LogP contribution in [-0.2, 0) is 119 Å². The van der Waals surface area contributed by atoms with Crippen LogP contribution in [0.5, 0.6) is 0 Å². The highest BCUT2D eigenvalue weighted by molar-refractivity contribution is 7.99. The number of Topliss-reactive ketones (excluding diaryl/α,β-unsaturated/α-hetero) is 3. The van der Waals surface area contributed by atoms with Crippen LogP contribution in [0.25, 0.3) is 6.08 Å². The average molecular weight is 2160 g/mol. The van der Waals surface area contributed by atoms with Gasteiger partial charge in [0, 0.05) is 72.3 Å². The quantitative estimate of drug-likeness (QED) is 0.0171. The molecule has 14 bridgehead atoms. The number of hydrogen-bond donors (Lipinski definition) is 24. The molecule has 1 amide bonds. The van der Waals surface area contributed by atoms with E-state index in [0.29, 0.717) is 19.4 Å². The number of rotatable bonds is 35. The van der Waals surface area contributed by atoms with Gasteiger partial charge in [0.1, 0.15) is 182 Å². The molecule has 23 aliphatic rings. The van der Waals surface area contributed by atoms with Crippen LogP contribution >= 0.6 is 34.9 Å². The summed E-state index contributed by atoms with van der Waals surface area (Å²) in [6, 6.07) is -0.294. The number of nitrogens with one attached hydrogen (secondary N) is 1. The number of aromatic nitrogens is 1. The van der Waals surface area contributed by atoms with Crippen LogP contribution in [0.2, 0.25) is 0 Å². The first-order valence-electron chi connectivity index (χ1n) is 49.0. The molecule has 53 heteroatoms. The average Bonchev–Trinajstić information content (AvgIpc) is 1.64. The van der Waals surface area contributed by atoms with Crippen molar-refractivity contribution in [3.8, 4) is 0 Å². The Kier molecular flexibility index (Phi) is 49.9. The third-order valence-electron chi connectivity index (χ3n) is 27.8. The molecular formula is C93H153N3O47S3. The van der Waals surface area contributed by atoms with E-state index in [2.05, 4.69) is 17.2 Å². The lowest BCUT2D eigenvalue weighted by atomic mass is 9.77. The summed E-state index contributed by atoms with van der Waals surface area (Å²) in [5, 5.41) is 254. The van der Waals surface area contributed by atoms with Crippen LogP contribution in [0.1, 0.15) is 156 Å². The largest absolute Gasteiger partial charge is 0.481 e. The van der Waals surface area contributed by atoms with E-state index in [-0.39, 0.29) is 137 Å². The number of carbonyl (C=O) groups is 7. The van der Waals surface area contributed by atoms with E-state index in [4.69, 9.17) is 91.0 Å². The molecule has 0 aliphatic carbocycles. The van der Waals surface area contributed by atoms with Gasteiger partial charge in [-0.3, -0.25) is 33.6 Å². The minimum atomic E-state index is -2.31. The smallest absolute Gasteiger partial charge is 0.307 e. The van der Waals surface area contributed by atoms with Crippen LogP contribution in [0, 0.1) is 30.1 Å². The molecule has 146 heavy (non-hydrogen) atoms. The van der Waals surface area contributed by atoms with E-state index in [1.165, 1.54) is 6.92 Å². The summed E-state index contributed by atoms with van der Waals surface area (Å²) in [6.45, 7) is 9.66. The number of esters is 1. The summed E-state index contributed by atoms with van der Waals surface area (Å²) in [7, 11) is 0. The summed E-state index contributed by atoms with van der Waals surface area (Å²) in [4.78, 5) is 92.7. The molecule has 23 aliphatic heterocycles. The molecule has 0 radical (unpaired) electrons. The molecule has 43 atom stereocenters. The number of amides is 1. The predicted octanol–water partition coefficient (Wildman–Crippen LogP) is -6.06. The lowest BCUT2D eigenvalue weighted by Gasteiger charge is -2.50. The summed E-state index contributed by atoms with van der Waals surface area (Å²) in [5.41, 5.74) is 5.86. The molecule has 0 spiro atoms. The van der Waals surface area contributed by atoms with Crippen LogP contribution in [0.3, 0.4) is 0 Å². The molecule has 50 nitrogen and oxygen atoms in total. The van der Waals surface area contributed by atoms with Crippen LogP contribution < -0.4 is 11.1 Å². The number of thioether (sulfide) groups is 2. The molecule has 0 aromatic carbocycles. The number of nitrogens with two attached hydrogens (primary N) is 1. The van der Waals surface area contributed by atoms with Gasteiger partial charge in [0.2, 0.25) is 5.91 Å². The first-order chi connectivity index (χ1) is 68.8. The molecule has 1 aromatic heterocycles. The van der Waals surface area contributed by atoms with E-state index >= 15 is 0 Å². The number of carboxylic acids is 2. The lowest BCUT2D eigenvalue weighted by Crippen LogP contribution is -2.68. The van der Waals surface area contributed by atoms with Gasteiger partial charge in [0.05, 0.1) is 124 Å². The van der Waals surface area contributed by atoms with Gasteiger partial charge in [-0.05, 0) is 83.9 Å². The summed E-state index contributed by atoms with van der Waals surface area (Å²) >= 11 is 3.30. The standard InChI is InChI=1S/C60H98O41S2.C32H51N3O6S.CH4/c1-3-21(52(82)83)16-102-18-29-50-36(73)43(80)59(93-29)98-48-27(14-64)89-55(39(76)32(48)69)95-45-24(11-61)88-54(38(75)31(45)68)96-46-26(13-63)92-58(42(79)35(46)72)101-51-30(19-103-17-22(53(84)85)10-23(67)5-7-87-9-8-86-6-4-20(2)66)94-60(44(81)37(51)74)99-49-28(15-65)90-56(40(77)33(49)70)97-47-25(12-62)91-57(100-50)41(78)34(47)71;1-20-11-10-13-32(6)28(41-32)16-24(21(2)15-23-19-42-22(3)34-23)35-29(38)18-27(37)31(4,5)26(36)17-25(20)40-30(39)12-8-7-9-14-33;/h21-22,24-51,54-65,68-81H,3-19H2,1-2H3,(H,82,83)(H,84,85);15,19-20,24-25,27-28,37H,7-14,16-18,33H2,1-6H3,(H,35,38);1H4/b;21-15+;/t21?,22?,24?,25?,26?,27?,28?,29?,30?,31-,32-,33-,34-,35-,36-,37-,38?,39?,40?,41?,42?,43?,44?,45-,46-,47-,48-,49-,50-,51-,54-,55-,56-,57-,58-,59-,60-;20-,24-,25+,27-,28-,32+;/m10./s1. The number of hydrogen-bond acceptors (Lipinski definition) is 50. The van der Waals surface area contributed by atoms with Crippen molar-refractivity contribution >= 4 is 82.1 Å². The summed E-state index contributed by atoms with van der Waals surface area (Å²) < 4.78 is 105. The fourth-order valence-electron chi connectivity index (χ4n) is 18.3. The zero-order valence-corrected chi connectivity index (χ0v) is 84.4. The first-order valence-corrected chi connectivity index (χ1v) is 52.2. The highest BCUT2D eigenvalue weighted by atomic mass is 32.2. The molecule has 23 saturated heterocycles. The number of carbonyl (C=O) groups excluding carboxylic acids is 5. The maximum Gasteiger partial charge on any atom is 0.307 e. The first kappa shape index (κ1) is 125. The Morgan fingerprint density at radius 3 is 1.25 bits per heavy atom. The van der Waals surface area contributed by atoms with E-state index in [0.717, 1.165) is 71.9 Å². The Morgan fingerprint density at radius 2 is 0.897 bits per heavy atom. The second-order valence-electron chi connectivity index (χ2n) is 39.0. The molecule has 16 unspecified atom stereocenters. The molecule has 840 valence electrons. The second kappa shape index (κ2) is 58.3. The molecule has 24 heterocycles. The topological polar surface area (TPSA) is 785 Å². The molecular weight excluding hydrogens is 2010 g/mol. The number of carboxylic acid groups (broad SMARTS) is 2. The zero-order valence-electron chi connectivity index (χ0n) is 82.0. The van der Waals surface area contributed by atoms with Crippen LogP contribution in [0.15, 0.2) is 11.0 Å². The van der Waals surface area contributed by atoms with Crippen molar-refractivity contribution in [1.82, 2.24) is 10.3 Å². The van der Waals surface area contributed by atoms with Crippen molar-refractivity contribution in [3.63, 3.8) is 0 Å². The van der Waals surface area contributed by atoms with Crippen LogP contribution in [-0.4, -0.2) is 492 Å². The van der Waals surface area contributed by atoms with Gasteiger partial charge in [-0.1, -0.05) is 48.0 Å². The number of aryl methyl sites for hydroxylation is 1. The number of aliphatic hydroxyl groups is 20. The number of thiazole rings is 1. The maximum atomic E-state index is 13.5. The van der Waals surface area contributed by atoms with Crippen molar-refractivity contribution < 1.29 is 231 Å². The van der Waals surface area contributed by atoms with E-state index in [9.17, 15) is 146 Å². The number of aliphatic hydroxyl groups excluding tert-OH is 20. The van der Waals surface area contributed by atoms with Gasteiger partial charge in [-0.2, -0.15) is 23.5 Å². The molecule has 25 N–H and O–H groups in total. The van der Waals surface area contributed by atoms with E-state index < -0.39 is 307 Å². The van der Waals surface area contributed by atoms with Crippen molar-refractivity contribution in [2.24, 2.45) is 28.9 Å². The highest BCUT2D eigenvalue weighted by Crippen LogP contribution is 2.47. The number of ether oxygens (including phenoxy) is 18. The molecule has 0 saturated carbocycles. The monoisotopic (exact) mass is 2160 g/mol. The van der Waals surface area contributed by atoms with Gasteiger partial charge in [0.25, 0.3) is 0 Å². The Balaban J connectivity index is 0.000000459. The molecule has 1 aromatic rings. The Hall–Kier alpha value is -4.56. The Labute approximate surface area is 856 Å². The SMILES string of the molecule is C.C/C(=C\c1csc(C)n1)[C@@H]1C[C@@H]2O[C@]2(C)CCC[C@H](C)[C@H](OC(=O)CCCCCN)CC(=O)C(C)(C)[C@@H](O)CC(=O)N1.CCC(CSCC1O[C@@H]2O[C@@H]3C(CO)O[C@H](O[C@@H]4C(CO)O[C@H](O[C@@H]5C(CO)O[C@H](O[C@@H]6C(CSCC(CC(=O)CCOCCOCCC(C)=O)C(=O)O)O[C@H](O[C@@H]7C(CO)O[C@H](O[C@@H]8C(CO)O[C@H](O[C@H]1[C@H](O)C2O)C(O)[C@H]8O)C(O)[C@H]7O)C(O)[C@H]6O)C(O)[C@H]5O)C(O)[C@H]4O)C(O)[C@H]3O)C(=O)O. The molecule has 23 fully saturated rings. The van der Waals surface area contributed by atoms with Gasteiger partial charge >= 0.3 is 17.9 Å². The van der Waals surface area contributed by atoms with Crippen molar-refractivity contribution in [2.75, 3.05) is 89.0 Å². The van der Waals surface area contributed by atoms with E-state index in [1.54, 1.807) is 32.1 Å². The van der Waals surface area contributed by atoms with Crippen LogP contribution in [0.4, 0.5) is 0 Å². The minimum Gasteiger partial charge on any atom is -0.481 e. The fraction of sp³-hybridized carbons (Fsp3) is 0.871. The number of ketones is 3. The highest BCUT2D eigenvalue weighted by Gasteiger charge is 2.61. The zero-order chi connectivity index (χ0) is 106. The van der Waals surface area contributed by atoms with Crippen molar-refractivity contribution in [1.29, 1.82) is 0 Å². The lowest BCUT2D eigenvalue weighted by molar-refractivity contribution is -0.395. The third-order valence-corrected chi connectivity index (χ3v) is 31.0. The number of epoxide rings is 1. The number of unbranched alkanes of at least 4 members (excludes halogenated alkanes) is 2. The second-order valence-corrected chi connectivity index (χ2v) is 42.2. The van der Waals surface area contributed by atoms with Gasteiger partial charge in [0.15, 0.2) is 44.0 Å². The number of fused-ring (bicyclic) bond motifs is 1. The normalized spacial score (nSPS) is 40.7. The number of aliphatic carboxylic acids is 2. The number of nitrogens with zero attached hydrogens (tertiary/aromatic N) is 1. The fourth-order valence-corrected chi connectivity index (χ4v) is 21.4. The Morgan fingerprint density at radius 1 is 0.521 bits per heavy atom. The van der Waals surface area contributed by atoms with Gasteiger partial charge in [-0.25, -0.2) is 4.98 Å². The molecule has 24 rings (SSSR count). The van der Waals surface area contributed by atoms with E-state index in [1.807, 2.05) is 32.2 Å². The van der Waals surface area contributed by atoms with Gasteiger partial charge in [-0.15, -0.1) is 11.3 Å². The van der Waals surface area contributed by atoms with Crippen molar-refractivity contribution in [3.05, 3.63) is 21.7 Å². The van der Waals surface area contributed by atoms with Gasteiger partial charge < -0.3 is 209 Å². The summed E-state index contributed by atoms with van der Waals surface area (Å²) in [6.07, 6.45) is -67.0. The minimum absolute atomic E-state index is 0.